The van der Waals surface area contributed by atoms with Gasteiger partial charge in [0.1, 0.15) is 0 Å². The van der Waals surface area contributed by atoms with E-state index in [0.717, 1.165) is 17.7 Å². The molecule has 0 aromatic carbocycles. The lowest BCUT2D eigenvalue weighted by atomic mass is 9.97. The largest absolute Gasteiger partial charge is 0.381 e. The van der Waals surface area contributed by atoms with Gasteiger partial charge in [0.15, 0.2) is 0 Å². The second-order valence-corrected chi connectivity index (χ2v) is 6.91. The minimum Gasteiger partial charge on any atom is -0.381 e. The highest BCUT2D eigenvalue weighted by Crippen LogP contribution is 2.31. The lowest BCUT2D eigenvalue weighted by molar-refractivity contribution is -0.138. The number of nitrogens with zero attached hydrogens (tertiary/aromatic N) is 1. The normalized spacial score (nSPS) is 23.5. The number of amides is 1. The van der Waals surface area contributed by atoms with E-state index in [2.05, 4.69) is 0 Å². The van der Waals surface area contributed by atoms with Crippen LogP contribution in [0.4, 0.5) is 0 Å². The van der Waals surface area contributed by atoms with Crippen molar-refractivity contribution < 1.29 is 9.53 Å². The molecule has 0 saturated carbocycles. The maximum Gasteiger partial charge on any atom is 0.230 e. The molecule has 2 rings (SSSR count). The molecular weight excluding hydrogens is 331 g/mol. The molecule has 2 heterocycles. The van der Waals surface area contributed by atoms with Crippen molar-refractivity contribution in [3.8, 4) is 0 Å². The smallest absolute Gasteiger partial charge is 0.230 e. The van der Waals surface area contributed by atoms with Gasteiger partial charge in [0.05, 0.1) is 16.4 Å². The molecule has 120 valence electrons. The Kier molecular flexibility index (Phi) is 7.44. The zero-order valence-electron chi connectivity index (χ0n) is 12.3. The van der Waals surface area contributed by atoms with Crippen molar-refractivity contribution in [1.29, 1.82) is 0 Å². The zero-order chi connectivity index (χ0) is 14.7. The van der Waals surface area contributed by atoms with Crippen LogP contribution in [-0.4, -0.2) is 43.2 Å². The Hall–Kier alpha value is -0.330. The first kappa shape index (κ1) is 18.7. The predicted octanol–water partition coefficient (Wildman–Crippen LogP) is 2.89. The van der Waals surface area contributed by atoms with Crippen molar-refractivity contribution in [2.75, 3.05) is 20.2 Å². The summed E-state index contributed by atoms with van der Waals surface area (Å²) in [6, 6.07) is 3.83. The molecule has 7 heteroatoms. The molecule has 0 spiro atoms. The van der Waals surface area contributed by atoms with Gasteiger partial charge in [-0.25, -0.2) is 0 Å². The number of nitrogens with two attached hydrogens (primary N) is 1. The highest BCUT2D eigenvalue weighted by atomic mass is 35.5. The fraction of sp³-hybridized carbons (Fsp3) is 0.643. The molecule has 1 aromatic rings. The number of rotatable bonds is 4. The Morgan fingerprint density at radius 2 is 2.33 bits per heavy atom. The Balaban J connectivity index is 0.00000220. The number of piperidine rings is 1. The summed E-state index contributed by atoms with van der Waals surface area (Å²) >= 11 is 7.41. The molecule has 0 bridgehead atoms. The molecule has 1 saturated heterocycles. The number of halogens is 2. The van der Waals surface area contributed by atoms with E-state index >= 15 is 0 Å². The Bertz CT molecular complexity index is 470. The SMILES string of the molecule is COC1CCN(C(=O)C(C)c2ccc(Cl)s2)C(CN)C1.Cl. The molecule has 0 aliphatic carbocycles. The molecule has 2 N–H and O–H groups in total. The number of hydrogen-bond donors (Lipinski definition) is 1. The molecule has 3 atom stereocenters. The second kappa shape index (κ2) is 8.34. The molecule has 1 fully saturated rings. The van der Waals surface area contributed by atoms with Gasteiger partial charge in [0, 0.05) is 31.1 Å². The monoisotopic (exact) mass is 352 g/mol. The van der Waals surface area contributed by atoms with E-state index in [1.165, 1.54) is 11.3 Å². The third-order valence-corrected chi connectivity index (χ3v) is 5.36. The van der Waals surface area contributed by atoms with Crippen LogP contribution in [-0.2, 0) is 9.53 Å². The average molecular weight is 353 g/mol. The van der Waals surface area contributed by atoms with Crippen molar-refractivity contribution in [2.45, 2.75) is 37.8 Å². The molecule has 4 nitrogen and oxygen atoms in total. The number of thiophene rings is 1. The van der Waals surface area contributed by atoms with Crippen LogP contribution < -0.4 is 5.73 Å². The number of ether oxygens (including phenoxy) is 1. The maximum absolute atomic E-state index is 12.7. The van der Waals surface area contributed by atoms with Gasteiger partial charge >= 0.3 is 0 Å². The molecule has 3 unspecified atom stereocenters. The number of methoxy groups -OCH3 is 1. The molecule has 0 radical (unpaired) electrons. The number of carbonyl (C=O) groups is 1. The average Bonchev–Trinajstić information content (AvgIpc) is 2.91. The lowest BCUT2D eigenvalue weighted by Gasteiger charge is -2.39. The van der Waals surface area contributed by atoms with Crippen LogP contribution in [0.2, 0.25) is 4.34 Å². The highest BCUT2D eigenvalue weighted by Gasteiger charge is 2.33. The summed E-state index contributed by atoms with van der Waals surface area (Å²) in [4.78, 5) is 15.6. The summed E-state index contributed by atoms with van der Waals surface area (Å²) in [5.41, 5.74) is 5.82. The summed E-state index contributed by atoms with van der Waals surface area (Å²) in [5, 5.41) is 0. The number of likely N-dealkylation sites (tertiary alicyclic amines) is 1. The van der Waals surface area contributed by atoms with Crippen molar-refractivity contribution >= 4 is 41.3 Å². The van der Waals surface area contributed by atoms with E-state index in [1.54, 1.807) is 7.11 Å². The molecule has 1 amide bonds. The first-order chi connectivity index (χ1) is 9.56. The summed E-state index contributed by atoms with van der Waals surface area (Å²) in [6.45, 7) is 3.12. The second-order valence-electron chi connectivity index (χ2n) is 5.17. The first-order valence-electron chi connectivity index (χ1n) is 6.85. The zero-order valence-corrected chi connectivity index (χ0v) is 14.6. The van der Waals surface area contributed by atoms with Gasteiger partial charge in [0.2, 0.25) is 5.91 Å². The van der Waals surface area contributed by atoms with Gasteiger partial charge in [0.25, 0.3) is 0 Å². The van der Waals surface area contributed by atoms with E-state index in [0.29, 0.717) is 17.4 Å². The molecular formula is C14H22Cl2N2O2S. The van der Waals surface area contributed by atoms with Gasteiger partial charge in [-0.3, -0.25) is 4.79 Å². The number of carbonyl (C=O) groups excluding carboxylic acids is 1. The Morgan fingerprint density at radius 1 is 1.62 bits per heavy atom. The van der Waals surface area contributed by atoms with Crippen molar-refractivity contribution in [2.24, 2.45) is 5.73 Å². The summed E-state index contributed by atoms with van der Waals surface area (Å²) in [7, 11) is 1.71. The van der Waals surface area contributed by atoms with E-state index in [1.807, 2.05) is 24.0 Å². The fourth-order valence-electron chi connectivity index (χ4n) is 2.67. The third kappa shape index (κ3) is 4.33. The van der Waals surface area contributed by atoms with Gasteiger partial charge in [-0.2, -0.15) is 0 Å². The van der Waals surface area contributed by atoms with Crippen LogP contribution in [0.15, 0.2) is 12.1 Å². The van der Waals surface area contributed by atoms with Gasteiger partial charge < -0.3 is 15.4 Å². The Labute approximate surface area is 141 Å². The quantitative estimate of drug-likeness (QED) is 0.906. The van der Waals surface area contributed by atoms with E-state index in [4.69, 9.17) is 22.1 Å². The Morgan fingerprint density at radius 3 is 2.86 bits per heavy atom. The van der Waals surface area contributed by atoms with E-state index in [9.17, 15) is 4.79 Å². The van der Waals surface area contributed by atoms with Crippen LogP contribution >= 0.6 is 35.3 Å². The lowest BCUT2D eigenvalue weighted by Crippen LogP contribution is -2.52. The minimum atomic E-state index is -0.166. The van der Waals surface area contributed by atoms with Crippen molar-refractivity contribution in [1.82, 2.24) is 4.90 Å². The van der Waals surface area contributed by atoms with Gasteiger partial charge in [-0.05, 0) is 31.9 Å². The van der Waals surface area contributed by atoms with E-state index in [-0.39, 0.29) is 36.4 Å². The van der Waals surface area contributed by atoms with Crippen LogP contribution in [0.1, 0.15) is 30.6 Å². The van der Waals surface area contributed by atoms with Crippen LogP contribution in [0.5, 0.6) is 0 Å². The summed E-state index contributed by atoms with van der Waals surface area (Å²) in [6.07, 6.45) is 1.90. The minimum absolute atomic E-state index is 0. The topological polar surface area (TPSA) is 55.6 Å². The van der Waals surface area contributed by atoms with Gasteiger partial charge in [-0.15, -0.1) is 23.7 Å². The standard InChI is InChI=1S/C14H21ClN2O2S.ClH/c1-9(12-3-4-13(15)20-12)14(18)17-6-5-11(19-2)7-10(17)8-16;/h3-4,9-11H,5-8,16H2,1-2H3;1H. The summed E-state index contributed by atoms with van der Waals surface area (Å²) < 4.78 is 6.11. The van der Waals surface area contributed by atoms with Gasteiger partial charge in [-0.1, -0.05) is 11.6 Å². The number of hydrogen-bond acceptors (Lipinski definition) is 4. The van der Waals surface area contributed by atoms with Crippen LogP contribution in [0.3, 0.4) is 0 Å². The summed E-state index contributed by atoms with van der Waals surface area (Å²) in [5.74, 6) is -0.0332. The third-order valence-electron chi connectivity index (χ3n) is 3.95. The van der Waals surface area contributed by atoms with Crippen molar-refractivity contribution in [3.05, 3.63) is 21.3 Å². The van der Waals surface area contributed by atoms with E-state index < -0.39 is 0 Å². The molecule has 1 aliphatic heterocycles. The molecule has 21 heavy (non-hydrogen) atoms. The molecule has 1 aromatic heterocycles. The van der Waals surface area contributed by atoms with Crippen LogP contribution in [0.25, 0.3) is 0 Å². The predicted molar refractivity (Wildman–Crippen MR) is 89.6 cm³/mol. The fourth-order valence-corrected chi connectivity index (χ4v) is 3.78. The maximum atomic E-state index is 12.7. The van der Waals surface area contributed by atoms with Crippen molar-refractivity contribution in [3.63, 3.8) is 0 Å². The first-order valence-corrected chi connectivity index (χ1v) is 8.04. The molecule has 1 aliphatic rings. The van der Waals surface area contributed by atoms with Crippen LogP contribution in [0, 0.1) is 0 Å². The highest BCUT2D eigenvalue weighted by molar-refractivity contribution is 7.16.